The Morgan fingerprint density at radius 1 is 0.762 bits per heavy atom. The monoisotopic (exact) mass is 565 g/mol. The summed E-state index contributed by atoms with van der Waals surface area (Å²) in [5.74, 6) is 1.27. The van der Waals surface area contributed by atoms with Crippen LogP contribution in [-0.4, -0.2) is 72.5 Å². The first-order valence-electron chi connectivity index (χ1n) is 14.7. The summed E-state index contributed by atoms with van der Waals surface area (Å²) in [6, 6.07) is 31.5. The number of hydrogen-bond acceptors (Lipinski definition) is 5. The van der Waals surface area contributed by atoms with Crippen LogP contribution in [0.2, 0.25) is 0 Å². The fourth-order valence-corrected chi connectivity index (χ4v) is 5.24. The van der Waals surface area contributed by atoms with Crippen LogP contribution >= 0.6 is 0 Å². The quantitative estimate of drug-likeness (QED) is 0.222. The van der Waals surface area contributed by atoms with Gasteiger partial charge in [0.1, 0.15) is 18.1 Å². The zero-order valence-corrected chi connectivity index (χ0v) is 24.3. The van der Waals surface area contributed by atoms with E-state index in [1.165, 1.54) is 0 Å². The van der Waals surface area contributed by atoms with Crippen molar-refractivity contribution < 1.29 is 18.7 Å². The van der Waals surface area contributed by atoms with Crippen LogP contribution < -0.4 is 0 Å². The Bertz CT molecular complexity index is 1410. The molecular weight excluding hydrogens is 526 g/mol. The summed E-state index contributed by atoms with van der Waals surface area (Å²) < 4.78 is 11.3. The van der Waals surface area contributed by atoms with Gasteiger partial charge in [-0.3, -0.25) is 14.5 Å². The lowest BCUT2D eigenvalue weighted by Crippen LogP contribution is -2.44. The molecular formula is C35H39N3O4. The van der Waals surface area contributed by atoms with Crippen LogP contribution in [-0.2, 0) is 22.6 Å². The number of hydrogen-bond donors (Lipinski definition) is 0. The van der Waals surface area contributed by atoms with Crippen molar-refractivity contribution in [3.05, 3.63) is 120 Å². The minimum absolute atomic E-state index is 0.00505. The Balaban J connectivity index is 1.33. The van der Waals surface area contributed by atoms with Crippen LogP contribution in [0.5, 0.6) is 0 Å². The van der Waals surface area contributed by atoms with Crippen LogP contribution in [0.3, 0.4) is 0 Å². The van der Waals surface area contributed by atoms with E-state index in [0.717, 1.165) is 67.5 Å². The van der Waals surface area contributed by atoms with E-state index in [0.29, 0.717) is 25.2 Å². The molecule has 0 aliphatic carbocycles. The average Bonchev–Trinajstić information content (AvgIpc) is 3.45. The molecule has 0 radical (unpaired) electrons. The third-order valence-electron chi connectivity index (χ3n) is 7.57. The number of furan rings is 1. The van der Waals surface area contributed by atoms with Gasteiger partial charge in [0.2, 0.25) is 5.91 Å². The molecule has 0 bridgehead atoms. The number of carbonyl (C=O) groups excluding carboxylic acids is 2. The third kappa shape index (κ3) is 8.18. The summed E-state index contributed by atoms with van der Waals surface area (Å²) in [7, 11) is 0. The topological polar surface area (TPSA) is 66.2 Å². The number of ether oxygens (including phenoxy) is 1. The molecule has 2 heterocycles. The fraction of sp³-hybridized carbons (Fsp3) is 0.314. The standard InChI is InChI=1S/C35H39N3O4/c1-28-13-18-33(42-28)26-38(25-29-9-4-2-5-10-29)34(39)27-37(20-8-19-36-21-23-41-24-22-36)35(40)32-16-14-31(15-17-32)30-11-6-3-7-12-30/h2-7,9-18H,8,19-27H2,1H3. The highest BCUT2D eigenvalue weighted by Crippen LogP contribution is 2.20. The number of aryl methyl sites for hydroxylation is 1. The highest BCUT2D eigenvalue weighted by atomic mass is 16.5. The molecule has 1 aliphatic rings. The Labute approximate surface area is 248 Å². The Hall–Kier alpha value is -4.20. The van der Waals surface area contributed by atoms with Gasteiger partial charge in [0.25, 0.3) is 5.91 Å². The van der Waals surface area contributed by atoms with Gasteiger partial charge in [-0.15, -0.1) is 0 Å². The van der Waals surface area contributed by atoms with Gasteiger partial charge >= 0.3 is 0 Å². The summed E-state index contributed by atoms with van der Waals surface area (Å²) in [5.41, 5.74) is 3.74. The van der Waals surface area contributed by atoms with Crippen LogP contribution in [0.25, 0.3) is 11.1 Å². The molecule has 42 heavy (non-hydrogen) atoms. The Kier molecular flexibility index (Phi) is 10.2. The average molecular weight is 566 g/mol. The predicted octanol–water partition coefficient (Wildman–Crippen LogP) is 5.65. The highest BCUT2D eigenvalue weighted by Gasteiger charge is 2.24. The van der Waals surface area contributed by atoms with Crippen molar-refractivity contribution in [2.75, 3.05) is 45.9 Å². The molecule has 7 nitrogen and oxygen atoms in total. The predicted molar refractivity (Wildman–Crippen MR) is 164 cm³/mol. The normalized spacial score (nSPS) is 13.5. The lowest BCUT2D eigenvalue weighted by atomic mass is 10.0. The SMILES string of the molecule is Cc1ccc(CN(Cc2ccccc2)C(=O)CN(CCCN2CCOCC2)C(=O)c2ccc(-c3ccccc3)cc2)o1. The summed E-state index contributed by atoms with van der Waals surface area (Å²) in [5, 5.41) is 0. The second kappa shape index (κ2) is 14.6. The lowest BCUT2D eigenvalue weighted by molar-refractivity contribution is -0.133. The molecule has 0 unspecified atom stereocenters. The molecule has 0 spiro atoms. The molecule has 3 aromatic carbocycles. The van der Waals surface area contributed by atoms with E-state index in [2.05, 4.69) is 17.0 Å². The zero-order chi connectivity index (χ0) is 29.1. The van der Waals surface area contributed by atoms with Gasteiger partial charge in [-0.2, -0.15) is 0 Å². The number of carbonyl (C=O) groups is 2. The van der Waals surface area contributed by atoms with Gasteiger partial charge in [-0.05, 0) is 54.3 Å². The van der Waals surface area contributed by atoms with Crippen molar-refractivity contribution >= 4 is 11.8 Å². The fourth-order valence-electron chi connectivity index (χ4n) is 5.24. The highest BCUT2D eigenvalue weighted by molar-refractivity contribution is 5.97. The molecule has 1 saturated heterocycles. The van der Waals surface area contributed by atoms with E-state index in [9.17, 15) is 9.59 Å². The first kappa shape index (κ1) is 29.3. The molecule has 218 valence electrons. The molecule has 5 rings (SSSR count). The van der Waals surface area contributed by atoms with Crippen molar-refractivity contribution in [3.63, 3.8) is 0 Å². The summed E-state index contributed by atoms with van der Waals surface area (Å²) in [6.07, 6.45) is 0.775. The van der Waals surface area contributed by atoms with Gasteiger partial charge in [0.15, 0.2) is 0 Å². The molecule has 1 fully saturated rings. The largest absolute Gasteiger partial charge is 0.464 e. The van der Waals surface area contributed by atoms with Gasteiger partial charge < -0.3 is 19.0 Å². The summed E-state index contributed by atoms with van der Waals surface area (Å²) in [6.45, 7) is 7.24. The number of rotatable bonds is 12. The van der Waals surface area contributed by atoms with Crippen molar-refractivity contribution in [2.24, 2.45) is 0 Å². The van der Waals surface area contributed by atoms with Crippen LogP contribution in [0, 0.1) is 6.92 Å². The van der Waals surface area contributed by atoms with Crippen LogP contribution in [0.15, 0.2) is 101 Å². The minimum atomic E-state index is -0.140. The Morgan fingerprint density at radius 2 is 1.43 bits per heavy atom. The smallest absolute Gasteiger partial charge is 0.254 e. The Morgan fingerprint density at radius 3 is 2.10 bits per heavy atom. The number of amides is 2. The first-order valence-corrected chi connectivity index (χ1v) is 14.7. The number of benzene rings is 3. The van der Waals surface area contributed by atoms with E-state index < -0.39 is 0 Å². The maximum absolute atomic E-state index is 13.9. The molecule has 0 atom stereocenters. The second-order valence-electron chi connectivity index (χ2n) is 10.7. The van der Waals surface area contributed by atoms with E-state index in [1.807, 2.05) is 91.9 Å². The molecule has 2 amide bonds. The van der Waals surface area contributed by atoms with E-state index >= 15 is 0 Å². The summed E-state index contributed by atoms with van der Waals surface area (Å²) in [4.78, 5) is 33.6. The molecule has 1 aliphatic heterocycles. The van der Waals surface area contributed by atoms with Gasteiger partial charge in [0, 0.05) is 38.3 Å². The van der Waals surface area contributed by atoms with Gasteiger partial charge in [-0.25, -0.2) is 0 Å². The van der Waals surface area contributed by atoms with Crippen molar-refractivity contribution in [2.45, 2.75) is 26.4 Å². The molecule has 7 heteroatoms. The molecule has 4 aromatic rings. The van der Waals surface area contributed by atoms with E-state index in [4.69, 9.17) is 9.15 Å². The maximum atomic E-state index is 13.9. The minimum Gasteiger partial charge on any atom is -0.464 e. The van der Waals surface area contributed by atoms with Crippen LogP contribution in [0.4, 0.5) is 0 Å². The van der Waals surface area contributed by atoms with Gasteiger partial charge in [0.05, 0.1) is 19.8 Å². The van der Waals surface area contributed by atoms with Crippen molar-refractivity contribution in [3.8, 4) is 11.1 Å². The maximum Gasteiger partial charge on any atom is 0.254 e. The molecule has 0 N–H and O–H groups in total. The summed E-state index contributed by atoms with van der Waals surface area (Å²) >= 11 is 0. The second-order valence-corrected chi connectivity index (χ2v) is 10.7. The van der Waals surface area contributed by atoms with E-state index in [1.54, 1.807) is 9.80 Å². The first-order chi connectivity index (χ1) is 20.5. The van der Waals surface area contributed by atoms with E-state index in [-0.39, 0.29) is 18.4 Å². The van der Waals surface area contributed by atoms with Crippen molar-refractivity contribution in [1.82, 2.24) is 14.7 Å². The van der Waals surface area contributed by atoms with Gasteiger partial charge in [-0.1, -0.05) is 72.8 Å². The molecule has 1 aromatic heterocycles. The molecule has 0 saturated carbocycles. The lowest BCUT2D eigenvalue weighted by Gasteiger charge is -2.30. The third-order valence-corrected chi connectivity index (χ3v) is 7.57. The zero-order valence-electron chi connectivity index (χ0n) is 24.3. The van der Waals surface area contributed by atoms with Crippen LogP contribution in [0.1, 0.15) is 33.9 Å². The van der Waals surface area contributed by atoms with Crippen molar-refractivity contribution in [1.29, 1.82) is 0 Å². The number of morpholine rings is 1. The number of nitrogens with zero attached hydrogens (tertiary/aromatic N) is 3.